The number of hydrogen-bond acceptors (Lipinski definition) is 6. The van der Waals surface area contributed by atoms with E-state index in [1.165, 1.54) is 18.2 Å². The molecule has 0 spiro atoms. The van der Waals surface area contributed by atoms with Crippen LogP contribution in [0.5, 0.6) is 5.75 Å². The minimum absolute atomic E-state index is 0.000257. The van der Waals surface area contributed by atoms with E-state index in [1.54, 1.807) is 25.1 Å². The summed E-state index contributed by atoms with van der Waals surface area (Å²) in [5.74, 6) is 0.543. The highest BCUT2D eigenvalue weighted by atomic mass is 35.5. The van der Waals surface area contributed by atoms with Crippen molar-refractivity contribution in [3.05, 3.63) is 81.8 Å². The number of hydrogen-bond donors (Lipinski definition) is 1. The molecule has 4 aromatic rings. The van der Waals surface area contributed by atoms with E-state index in [1.807, 2.05) is 37.5 Å². The smallest absolute Gasteiger partial charge is 0.283 e. The van der Waals surface area contributed by atoms with Crippen molar-refractivity contribution in [3.8, 4) is 5.75 Å². The Morgan fingerprint density at radius 3 is 2.43 bits per heavy atom. The lowest BCUT2D eigenvalue weighted by Crippen LogP contribution is -2.31. The molecule has 2 aromatic carbocycles. The molecule has 0 aliphatic rings. The Kier molecular flexibility index (Phi) is 6.82. The first-order chi connectivity index (χ1) is 16.6. The summed E-state index contributed by atoms with van der Waals surface area (Å²) in [7, 11) is -4.05. The normalized spacial score (nSPS) is 11.6. The Hall–Kier alpha value is -3.43. The van der Waals surface area contributed by atoms with E-state index in [0.717, 1.165) is 11.1 Å². The number of rotatable bonds is 7. The molecule has 1 amide bonds. The predicted molar refractivity (Wildman–Crippen MR) is 135 cm³/mol. The number of pyridine rings is 1. The van der Waals surface area contributed by atoms with Crippen molar-refractivity contribution >= 4 is 38.7 Å². The molecular formula is C25H25ClN4O4S. The first kappa shape index (κ1) is 24.7. The van der Waals surface area contributed by atoms with Gasteiger partial charge in [0.05, 0.1) is 18.0 Å². The third kappa shape index (κ3) is 5.16. The Bertz CT molecular complexity index is 1530. The molecule has 0 saturated carbocycles. The lowest BCUT2D eigenvalue weighted by Gasteiger charge is -2.11. The third-order valence-electron chi connectivity index (χ3n) is 5.54. The summed E-state index contributed by atoms with van der Waals surface area (Å²) in [5, 5.41) is 0.534. The summed E-state index contributed by atoms with van der Waals surface area (Å²) in [6.07, 6.45) is 0. The second kappa shape index (κ2) is 9.67. The Labute approximate surface area is 209 Å². The number of imidazole rings is 1. The van der Waals surface area contributed by atoms with Gasteiger partial charge in [-0.15, -0.1) is 0 Å². The molecule has 0 aliphatic carbocycles. The number of sulfonamides is 1. The topological polar surface area (TPSA) is 103 Å². The molecule has 35 heavy (non-hydrogen) atoms. The van der Waals surface area contributed by atoms with Crippen LogP contribution in [0.2, 0.25) is 5.02 Å². The maximum Gasteiger partial charge on any atom is 0.283 e. The fraction of sp³-hybridized carbons (Fsp3) is 0.240. The van der Waals surface area contributed by atoms with Gasteiger partial charge in [-0.05, 0) is 69.2 Å². The number of fused-ring (bicyclic) bond motifs is 1. The van der Waals surface area contributed by atoms with Crippen LogP contribution in [0.15, 0.2) is 53.4 Å². The standard InChI is InChI=1S/C25H25ClN4O4S/c1-5-34-19-9-8-18(21(26)13-19)14-30-17(4)27-23-16(3)12-22(28-24(23)30)25(31)29-35(32,33)20-10-6-15(2)7-11-20/h6-13H,5,14H2,1-4H3,(H,29,31). The highest BCUT2D eigenvalue weighted by molar-refractivity contribution is 7.90. The van der Waals surface area contributed by atoms with Gasteiger partial charge >= 0.3 is 0 Å². The molecule has 182 valence electrons. The van der Waals surface area contributed by atoms with Gasteiger partial charge in [-0.25, -0.2) is 23.1 Å². The Morgan fingerprint density at radius 1 is 1.06 bits per heavy atom. The van der Waals surface area contributed by atoms with Crippen LogP contribution in [0.3, 0.4) is 0 Å². The van der Waals surface area contributed by atoms with Gasteiger partial charge in [0.2, 0.25) is 0 Å². The van der Waals surface area contributed by atoms with E-state index in [-0.39, 0.29) is 10.6 Å². The van der Waals surface area contributed by atoms with E-state index in [4.69, 9.17) is 16.3 Å². The fourth-order valence-corrected chi connectivity index (χ4v) is 4.88. The highest BCUT2D eigenvalue weighted by Crippen LogP contribution is 2.26. The number of carbonyl (C=O) groups is 1. The monoisotopic (exact) mass is 512 g/mol. The zero-order valence-corrected chi connectivity index (χ0v) is 21.4. The summed E-state index contributed by atoms with van der Waals surface area (Å²) >= 11 is 6.47. The molecule has 0 bridgehead atoms. The number of aryl methyl sites for hydroxylation is 3. The fourth-order valence-electron chi connectivity index (χ4n) is 3.69. The van der Waals surface area contributed by atoms with Crippen molar-refractivity contribution in [2.75, 3.05) is 6.61 Å². The van der Waals surface area contributed by atoms with Crippen LogP contribution in [0.4, 0.5) is 0 Å². The highest BCUT2D eigenvalue weighted by Gasteiger charge is 2.22. The molecule has 2 aromatic heterocycles. The van der Waals surface area contributed by atoms with Crippen molar-refractivity contribution in [1.82, 2.24) is 19.3 Å². The molecule has 2 heterocycles. The minimum Gasteiger partial charge on any atom is -0.494 e. The van der Waals surface area contributed by atoms with Gasteiger partial charge in [-0.3, -0.25) is 4.79 Å². The molecule has 0 aliphatic heterocycles. The van der Waals surface area contributed by atoms with Crippen molar-refractivity contribution in [3.63, 3.8) is 0 Å². The van der Waals surface area contributed by atoms with Crippen LogP contribution >= 0.6 is 11.6 Å². The SMILES string of the molecule is CCOc1ccc(Cn2c(C)nc3c(C)cc(C(=O)NS(=O)(=O)c4ccc(C)cc4)nc32)c(Cl)c1. The van der Waals surface area contributed by atoms with E-state index in [9.17, 15) is 13.2 Å². The van der Waals surface area contributed by atoms with Crippen LogP contribution in [-0.4, -0.2) is 35.5 Å². The summed E-state index contributed by atoms with van der Waals surface area (Å²) in [6, 6.07) is 13.2. The van der Waals surface area contributed by atoms with Crippen LogP contribution in [0, 0.1) is 20.8 Å². The van der Waals surface area contributed by atoms with Gasteiger partial charge in [0.15, 0.2) is 5.65 Å². The van der Waals surface area contributed by atoms with Gasteiger partial charge in [0, 0.05) is 5.02 Å². The number of carbonyl (C=O) groups excluding carboxylic acids is 1. The van der Waals surface area contributed by atoms with E-state index in [0.29, 0.717) is 46.5 Å². The van der Waals surface area contributed by atoms with Crippen molar-refractivity contribution in [1.29, 1.82) is 0 Å². The molecule has 10 heteroatoms. The van der Waals surface area contributed by atoms with Crippen LogP contribution in [-0.2, 0) is 16.6 Å². The molecule has 0 fully saturated rings. The average molecular weight is 513 g/mol. The number of halogens is 1. The number of nitrogens with one attached hydrogen (secondary N) is 1. The summed E-state index contributed by atoms with van der Waals surface area (Å²) in [5.41, 5.74) is 3.51. The molecule has 0 unspecified atom stereocenters. The zero-order valence-electron chi connectivity index (χ0n) is 19.8. The lowest BCUT2D eigenvalue weighted by atomic mass is 10.2. The lowest BCUT2D eigenvalue weighted by molar-refractivity contribution is 0.0976. The van der Waals surface area contributed by atoms with Gasteiger partial charge in [0.1, 0.15) is 22.8 Å². The van der Waals surface area contributed by atoms with Crippen molar-refractivity contribution < 1.29 is 17.9 Å². The van der Waals surface area contributed by atoms with Gasteiger partial charge in [-0.1, -0.05) is 35.4 Å². The van der Waals surface area contributed by atoms with Crippen LogP contribution in [0.1, 0.15) is 39.9 Å². The molecule has 0 radical (unpaired) electrons. The van der Waals surface area contributed by atoms with Crippen molar-refractivity contribution in [2.45, 2.75) is 39.1 Å². The molecule has 8 nitrogen and oxygen atoms in total. The van der Waals surface area contributed by atoms with Gasteiger partial charge in [-0.2, -0.15) is 0 Å². The second-order valence-corrected chi connectivity index (χ2v) is 10.3. The Balaban J connectivity index is 1.68. The maximum atomic E-state index is 12.9. The maximum absolute atomic E-state index is 12.9. The minimum atomic E-state index is -4.05. The molecule has 1 N–H and O–H groups in total. The molecule has 4 rings (SSSR count). The predicted octanol–water partition coefficient (Wildman–Crippen LogP) is 4.58. The summed E-state index contributed by atoms with van der Waals surface area (Å²) < 4.78 is 34.8. The van der Waals surface area contributed by atoms with Crippen LogP contribution < -0.4 is 9.46 Å². The number of nitrogens with zero attached hydrogens (tertiary/aromatic N) is 3. The summed E-state index contributed by atoms with van der Waals surface area (Å²) in [6.45, 7) is 8.29. The average Bonchev–Trinajstić information content (AvgIpc) is 3.11. The number of benzene rings is 2. The van der Waals surface area contributed by atoms with Crippen molar-refractivity contribution in [2.24, 2.45) is 0 Å². The number of aromatic nitrogens is 3. The van der Waals surface area contributed by atoms with Crippen LogP contribution in [0.25, 0.3) is 11.2 Å². The third-order valence-corrected chi connectivity index (χ3v) is 7.24. The first-order valence-corrected chi connectivity index (χ1v) is 12.8. The number of amides is 1. The van der Waals surface area contributed by atoms with Gasteiger partial charge < -0.3 is 9.30 Å². The second-order valence-electron chi connectivity index (χ2n) is 8.18. The van der Waals surface area contributed by atoms with Gasteiger partial charge in [0.25, 0.3) is 15.9 Å². The largest absolute Gasteiger partial charge is 0.494 e. The zero-order chi connectivity index (χ0) is 25.3. The first-order valence-electron chi connectivity index (χ1n) is 11.0. The Morgan fingerprint density at radius 2 is 1.77 bits per heavy atom. The summed E-state index contributed by atoms with van der Waals surface area (Å²) in [4.78, 5) is 22.0. The quantitative estimate of drug-likeness (QED) is 0.389. The van der Waals surface area contributed by atoms with E-state index >= 15 is 0 Å². The molecular weight excluding hydrogens is 488 g/mol. The molecule has 0 atom stereocenters. The number of ether oxygens (including phenoxy) is 1. The van der Waals surface area contributed by atoms with E-state index in [2.05, 4.69) is 14.7 Å². The molecule has 0 saturated heterocycles. The van der Waals surface area contributed by atoms with E-state index < -0.39 is 15.9 Å².